The zero-order chi connectivity index (χ0) is 26.2. The lowest BCUT2D eigenvalue weighted by molar-refractivity contribution is -0.198. The van der Waals surface area contributed by atoms with Gasteiger partial charge in [-0.1, -0.05) is 54.4 Å². The van der Waals surface area contributed by atoms with Gasteiger partial charge in [0, 0.05) is 29.9 Å². The van der Waals surface area contributed by atoms with E-state index in [-0.39, 0.29) is 27.9 Å². The van der Waals surface area contributed by atoms with E-state index in [1.165, 1.54) is 25.7 Å². The lowest BCUT2D eigenvalue weighted by atomic mass is 9.81. The molecule has 7 heteroatoms. The number of alkyl halides is 2. The molecule has 0 bridgehead atoms. The predicted molar refractivity (Wildman–Crippen MR) is 144 cm³/mol. The normalized spacial score (nSPS) is 23.8. The average molecular weight is 511 g/mol. The first-order valence-corrected chi connectivity index (χ1v) is 15.7. The van der Waals surface area contributed by atoms with Crippen molar-refractivity contribution in [1.82, 2.24) is 4.90 Å². The van der Waals surface area contributed by atoms with E-state index in [0.29, 0.717) is 12.1 Å². The van der Waals surface area contributed by atoms with E-state index in [0.717, 1.165) is 12.2 Å². The summed E-state index contributed by atoms with van der Waals surface area (Å²) < 4.78 is 41.1. The van der Waals surface area contributed by atoms with Gasteiger partial charge in [0.25, 0.3) is 0 Å². The summed E-state index contributed by atoms with van der Waals surface area (Å²) in [4.78, 5) is 5.03. The summed E-state index contributed by atoms with van der Waals surface area (Å²) in [6.45, 7) is 17.4. The number of hydrogen-bond donors (Lipinski definition) is 0. The predicted octanol–water partition coefficient (Wildman–Crippen LogP) is 7.69. The molecule has 2 aliphatic rings. The summed E-state index contributed by atoms with van der Waals surface area (Å²) in [7, 11) is -0.146. The van der Waals surface area contributed by atoms with Crippen LogP contribution in [0, 0.1) is 0 Å². The molecular weight excluding hydrogens is 462 g/mol. The summed E-state index contributed by atoms with van der Waals surface area (Å²) in [5.41, 5.74) is 1.87. The van der Waals surface area contributed by atoms with E-state index < -0.39 is 21.0 Å². The largest absolute Gasteiger partial charge is 0.431 e. The Morgan fingerprint density at radius 1 is 0.943 bits per heavy atom. The maximum Gasteiger partial charge on any atom is 0.420 e. The summed E-state index contributed by atoms with van der Waals surface area (Å²) in [6.07, 6.45) is 1.53. The zero-order valence-electron chi connectivity index (χ0n) is 23.4. The number of nitrogens with zero attached hydrogens (tertiary/aromatic N) is 2. The smallest absolute Gasteiger partial charge is 0.420 e. The minimum Gasteiger partial charge on any atom is -0.431 e. The van der Waals surface area contributed by atoms with Crippen molar-refractivity contribution in [3.05, 3.63) is 24.3 Å². The number of halogens is 2. The number of piperazine rings is 1. The van der Waals surface area contributed by atoms with E-state index >= 15 is 0 Å². The van der Waals surface area contributed by atoms with Gasteiger partial charge in [0.2, 0.25) is 8.32 Å². The molecule has 0 spiro atoms. The quantitative estimate of drug-likeness (QED) is 0.318. The van der Waals surface area contributed by atoms with Gasteiger partial charge < -0.3 is 14.1 Å². The van der Waals surface area contributed by atoms with Crippen LogP contribution in [-0.2, 0) is 4.43 Å². The minimum atomic E-state index is -3.37. The lowest BCUT2D eigenvalue weighted by Crippen LogP contribution is -2.67. The molecule has 2 unspecified atom stereocenters. The molecule has 0 amide bonds. The number of rotatable bonds is 9. The first-order chi connectivity index (χ1) is 16.2. The Bertz CT molecular complexity index is 807. The van der Waals surface area contributed by atoms with Gasteiger partial charge in [0.15, 0.2) is 0 Å². The Morgan fingerprint density at radius 2 is 1.46 bits per heavy atom. The third-order valence-corrected chi connectivity index (χ3v) is 14.8. The maximum absolute atomic E-state index is 14.9. The molecule has 1 aliphatic carbocycles. The third kappa shape index (κ3) is 5.88. The van der Waals surface area contributed by atoms with Crippen molar-refractivity contribution >= 4 is 14.0 Å². The molecule has 0 N–H and O–H groups in total. The molecule has 1 heterocycles. The average Bonchev–Trinajstić information content (AvgIpc) is 2.76. The molecule has 200 valence electrons. The van der Waals surface area contributed by atoms with Crippen molar-refractivity contribution in [2.75, 3.05) is 25.1 Å². The van der Waals surface area contributed by atoms with Crippen LogP contribution < -0.4 is 9.64 Å². The van der Waals surface area contributed by atoms with Crippen LogP contribution in [0.2, 0.25) is 16.6 Å². The Balaban J connectivity index is 1.71. The van der Waals surface area contributed by atoms with Gasteiger partial charge in [-0.25, -0.2) is 0 Å². The third-order valence-electron chi connectivity index (χ3n) is 8.74. The van der Waals surface area contributed by atoms with Gasteiger partial charge in [-0.2, -0.15) is 8.78 Å². The highest BCUT2D eigenvalue weighted by Gasteiger charge is 2.48. The van der Waals surface area contributed by atoms with Gasteiger partial charge in [0.05, 0.1) is 0 Å². The Kier molecular flexibility index (Phi) is 8.65. The van der Waals surface area contributed by atoms with Gasteiger partial charge in [0.1, 0.15) is 12.4 Å². The van der Waals surface area contributed by atoms with Gasteiger partial charge in [-0.05, 0) is 74.6 Å². The molecule has 1 saturated heterocycles. The van der Waals surface area contributed by atoms with Crippen LogP contribution in [0.5, 0.6) is 5.75 Å². The number of likely N-dealkylation sites (N-methyl/N-ethyl adjacent to an activating group) is 1. The highest BCUT2D eigenvalue weighted by molar-refractivity contribution is 6.77. The molecule has 1 aromatic rings. The number of hydrogen-bond acceptors (Lipinski definition) is 4. The second-order valence-electron chi connectivity index (χ2n) is 12.3. The van der Waals surface area contributed by atoms with E-state index in [1.54, 1.807) is 12.1 Å². The summed E-state index contributed by atoms with van der Waals surface area (Å²) in [5.74, 6) is 0.182. The lowest BCUT2D eigenvalue weighted by Gasteiger charge is -2.57. The van der Waals surface area contributed by atoms with Crippen molar-refractivity contribution in [3.63, 3.8) is 0 Å². The van der Waals surface area contributed by atoms with Gasteiger partial charge >= 0.3 is 6.11 Å². The van der Waals surface area contributed by atoms with Crippen LogP contribution in [0.25, 0.3) is 0 Å². The van der Waals surface area contributed by atoms with Crippen molar-refractivity contribution in [2.24, 2.45) is 0 Å². The number of benzene rings is 1. The summed E-state index contributed by atoms with van der Waals surface area (Å²) in [5, 5.41) is 0. The monoisotopic (exact) mass is 510 g/mol. The van der Waals surface area contributed by atoms with Crippen LogP contribution in [0.15, 0.2) is 24.3 Å². The molecule has 2 fully saturated rings. The Hall–Kier alpha value is -1.18. The van der Waals surface area contributed by atoms with Gasteiger partial charge in [-0.15, -0.1) is 0 Å². The molecule has 35 heavy (non-hydrogen) atoms. The number of anilines is 1. The Labute approximate surface area is 213 Å². The van der Waals surface area contributed by atoms with E-state index in [9.17, 15) is 8.78 Å². The van der Waals surface area contributed by atoms with E-state index in [1.807, 2.05) is 12.1 Å². The molecule has 2 atom stereocenters. The van der Waals surface area contributed by atoms with Crippen LogP contribution in [0.4, 0.5) is 14.5 Å². The molecular formula is C28H48F2N2O2Si. The minimum absolute atomic E-state index is 0.0533. The van der Waals surface area contributed by atoms with E-state index in [2.05, 4.69) is 72.2 Å². The fraction of sp³-hybridized carbons (Fsp3) is 0.786. The fourth-order valence-electron chi connectivity index (χ4n) is 6.90. The first-order valence-electron chi connectivity index (χ1n) is 13.5. The van der Waals surface area contributed by atoms with Crippen molar-refractivity contribution in [2.45, 2.75) is 121 Å². The van der Waals surface area contributed by atoms with Crippen molar-refractivity contribution in [1.29, 1.82) is 0 Å². The van der Waals surface area contributed by atoms with Crippen LogP contribution in [0.3, 0.4) is 0 Å². The highest BCUT2D eigenvalue weighted by atomic mass is 28.4. The van der Waals surface area contributed by atoms with E-state index in [4.69, 9.17) is 9.16 Å². The number of fused-ring (bicyclic) bond motifs is 1. The Morgan fingerprint density at radius 3 is 1.97 bits per heavy atom. The fourth-order valence-corrected chi connectivity index (χ4v) is 12.3. The van der Waals surface area contributed by atoms with Gasteiger partial charge in [-0.3, -0.25) is 4.90 Å². The van der Waals surface area contributed by atoms with Crippen molar-refractivity contribution < 1.29 is 17.9 Å². The molecule has 1 aliphatic heterocycles. The molecule has 3 rings (SSSR count). The SMILES string of the molecule is CC(C)[Si](OCC(F)(F)Oc1ccc(N2CC(C)(C)N(C)C3CCCCC32)cc1)(C(C)C)C(C)C. The molecule has 1 saturated carbocycles. The molecule has 0 aromatic heterocycles. The standard InChI is InChI=1S/C28H48F2N2O2Si/c1-20(2)35(21(3)4,22(5)6)33-19-28(29,30)34-24-16-14-23(15-17-24)32-18-27(7,8)31(9)25-12-10-11-13-26(25)32/h14-17,20-22,25-26H,10-13,18-19H2,1-9H3. The molecule has 1 aromatic carbocycles. The van der Waals surface area contributed by atoms with Crippen LogP contribution >= 0.6 is 0 Å². The van der Waals surface area contributed by atoms with Crippen LogP contribution in [-0.4, -0.2) is 57.1 Å². The van der Waals surface area contributed by atoms with Crippen LogP contribution in [0.1, 0.15) is 81.1 Å². The molecule has 4 nitrogen and oxygen atoms in total. The van der Waals surface area contributed by atoms with Crippen molar-refractivity contribution in [3.8, 4) is 5.75 Å². The second-order valence-corrected chi connectivity index (χ2v) is 17.8. The topological polar surface area (TPSA) is 24.9 Å². The zero-order valence-corrected chi connectivity index (χ0v) is 24.4. The first kappa shape index (κ1) is 28.4. The summed E-state index contributed by atoms with van der Waals surface area (Å²) in [6, 6.07) is 8.24. The summed E-state index contributed by atoms with van der Waals surface area (Å²) >= 11 is 0. The maximum atomic E-state index is 14.9. The highest BCUT2D eigenvalue weighted by Crippen LogP contribution is 2.43. The number of ether oxygens (including phenoxy) is 1. The molecule has 0 radical (unpaired) electrons. The second kappa shape index (κ2) is 10.7.